The van der Waals surface area contributed by atoms with Crippen LogP contribution in [0.4, 0.5) is 0 Å². The fraction of sp³-hybridized carbons (Fsp3) is 0.429. The Labute approximate surface area is 102 Å². The number of aromatic nitrogens is 2. The zero-order chi connectivity index (χ0) is 12.4. The first-order valence-corrected chi connectivity index (χ1v) is 5.97. The average Bonchev–Trinajstić information content (AvgIpc) is 2.63. The molecule has 0 amide bonds. The number of nitrogens with zero attached hydrogens (tertiary/aromatic N) is 3. The molecule has 0 atom stereocenters. The normalized spacial score (nSPS) is 11.0. The number of imidazole rings is 1. The van der Waals surface area contributed by atoms with E-state index < -0.39 is 0 Å². The Balaban J connectivity index is 2.39. The van der Waals surface area contributed by atoms with Crippen LogP contribution >= 0.6 is 0 Å². The van der Waals surface area contributed by atoms with Gasteiger partial charge in [0, 0.05) is 13.5 Å². The minimum Gasteiger partial charge on any atom is -0.331 e. The largest absolute Gasteiger partial charge is 0.331 e. The number of benzene rings is 1. The third kappa shape index (κ3) is 2.31. The van der Waals surface area contributed by atoms with Crippen molar-refractivity contribution in [3.63, 3.8) is 0 Å². The van der Waals surface area contributed by atoms with Gasteiger partial charge in [-0.25, -0.2) is 4.98 Å². The van der Waals surface area contributed by atoms with E-state index >= 15 is 0 Å². The third-order valence-corrected chi connectivity index (χ3v) is 3.05. The molecule has 2 aromatic rings. The fourth-order valence-corrected chi connectivity index (χ4v) is 1.95. The predicted octanol–water partition coefficient (Wildman–Crippen LogP) is 3.03. The van der Waals surface area contributed by atoms with Crippen molar-refractivity contribution in [2.75, 3.05) is 0 Å². The maximum atomic E-state index is 8.89. The van der Waals surface area contributed by atoms with Gasteiger partial charge in [-0.2, -0.15) is 5.26 Å². The van der Waals surface area contributed by atoms with Gasteiger partial charge in [0.15, 0.2) is 0 Å². The third-order valence-electron chi connectivity index (χ3n) is 3.05. The first kappa shape index (κ1) is 11.7. The molecule has 0 saturated carbocycles. The molecular formula is C14H17N3. The molecule has 0 unspecified atom stereocenters. The molecule has 1 heterocycles. The van der Waals surface area contributed by atoms with Crippen LogP contribution in [-0.4, -0.2) is 9.55 Å². The summed E-state index contributed by atoms with van der Waals surface area (Å²) in [6.45, 7) is 4.44. The molecule has 1 aromatic heterocycles. The summed E-state index contributed by atoms with van der Waals surface area (Å²) in [5.41, 5.74) is 2.71. The van der Waals surface area contributed by atoms with Crippen molar-refractivity contribution < 1.29 is 0 Å². The highest BCUT2D eigenvalue weighted by Crippen LogP contribution is 2.18. The van der Waals surface area contributed by atoms with Crippen LogP contribution in [0.25, 0.3) is 11.0 Å². The van der Waals surface area contributed by atoms with Crippen molar-refractivity contribution in [2.45, 2.75) is 26.7 Å². The highest BCUT2D eigenvalue weighted by Gasteiger charge is 2.08. The van der Waals surface area contributed by atoms with E-state index in [1.807, 2.05) is 25.2 Å². The Morgan fingerprint density at radius 2 is 2.18 bits per heavy atom. The zero-order valence-electron chi connectivity index (χ0n) is 10.6. The lowest BCUT2D eigenvalue weighted by Crippen LogP contribution is -2.00. The molecule has 0 fully saturated rings. The van der Waals surface area contributed by atoms with Crippen molar-refractivity contribution in [2.24, 2.45) is 13.0 Å². The lowest BCUT2D eigenvalue weighted by Gasteiger charge is -2.04. The van der Waals surface area contributed by atoms with Crippen molar-refractivity contribution in [1.29, 1.82) is 5.26 Å². The summed E-state index contributed by atoms with van der Waals surface area (Å²) < 4.78 is 2.10. The Morgan fingerprint density at radius 3 is 2.82 bits per heavy atom. The molecule has 0 radical (unpaired) electrons. The second kappa shape index (κ2) is 4.58. The summed E-state index contributed by atoms with van der Waals surface area (Å²) in [4.78, 5) is 4.61. The Bertz CT molecular complexity index is 573. The number of rotatable bonds is 3. The van der Waals surface area contributed by atoms with Gasteiger partial charge in [0.1, 0.15) is 5.82 Å². The van der Waals surface area contributed by atoms with Gasteiger partial charge < -0.3 is 4.57 Å². The van der Waals surface area contributed by atoms with E-state index in [1.54, 1.807) is 0 Å². The van der Waals surface area contributed by atoms with Crippen molar-refractivity contribution >= 4 is 11.0 Å². The second-order valence-corrected chi connectivity index (χ2v) is 4.83. The summed E-state index contributed by atoms with van der Waals surface area (Å²) in [7, 11) is 2.02. The molecule has 1 aromatic carbocycles. The van der Waals surface area contributed by atoms with E-state index in [4.69, 9.17) is 5.26 Å². The monoisotopic (exact) mass is 227 g/mol. The van der Waals surface area contributed by atoms with E-state index in [0.717, 1.165) is 29.7 Å². The van der Waals surface area contributed by atoms with Crippen molar-refractivity contribution in [3.05, 3.63) is 29.6 Å². The molecule has 2 rings (SSSR count). The summed E-state index contributed by atoms with van der Waals surface area (Å²) in [5.74, 6) is 1.79. The Kier molecular flexibility index (Phi) is 3.14. The molecule has 88 valence electrons. The second-order valence-electron chi connectivity index (χ2n) is 4.83. The molecular weight excluding hydrogens is 210 g/mol. The number of fused-ring (bicyclic) bond motifs is 1. The van der Waals surface area contributed by atoms with Gasteiger partial charge in [-0.05, 0) is 30.5 Å². The molecule has 0 bridgehead atoms. The van der Waals surface area contributed by atoms with Gasteiger partial charge in [-0.3, -0.25) is 0 Å². The molecule has 0 aliphatic carbocycles. The van der Waals surface area contributed by atoms with E-state index in [9.17, 15) is 0 Å². The molecule has 0 aliphatic rings. The van der Waals surface area contributed by atoms with Gasteiger partial charge in [-0.1, -0.05) is 13.8 Å². The van der Waals surface area contributed by atoms with Crippen LogP contribution in [0, 0.1) is 17.2 Å². The zero-order valence-corrected chi connectivity index (χ0v) is 10.6. The molecule has 0 saturated heterocycles. The van der Waals surface area contributed by atoms with Crippen LogP contribution in [0.15, 0.2) is 18.2 Å². The number of hydrogen-bond acceptors (Lipinski definition) is 2. The molecule has 0 N–H and O–H groups in total. The molecule has 3 heteroatoms. The molecule has 17 heavy (non-hydrogen) atoms. The van der Waals surface area contributed by atoms with Gasteiger partial charge in [-0.15, -0.1) is 0 Å². The molecule has 3 nitrogen and oxygen atoms in total. The molecule has 0 aliphatic heterocycles. The first-order valence-electron chi connectivity index (χ1n) is 5.97. The van der Waals surface area contributed by atoms with Crippen LogP contribution in [-0.2, 0) is 13.5 Å². The highest BCUT2D eigenvalue weighted by molar-refractivity contribution is 5.77. The van der Waals surface area contributed by atoms with Crippen molar-refractivity contribution in [1.82, 2.24) is 9.55 Å². The number of hydrogen-bond donors (Lipinski definition) is 0. The average molecular weight is 227 g/mol. The standard InChI is InChI=1S/C14H17N3/c1-10(2)4-7-14-16-12-6-5-11(9-15)8-13(12)17(14)3/h5-6,8,10H,4,7H2,1-3H3. The summed E-state index contributed by atoms with van der Waals surface area (Å²) in [6, 6.07) is 7.81. The lowest BCUT2D eigenvalue weighted by atomic mass is 10.1. The van der Waals surface area contributed by atoms with Gasteiger partial charge in [0.25, 0.3) is 0 Å². The van der Waals surface area contributed by atoms with Crippen LogP contribution in [0.1, 0.15) is 31.7 Å². The quantitative estimate of drug-likeness (QED) is 0.808. The summed E-state index contributed by atoms with van der Waals surface area (Å²) >= 11 is 0. The van der Waals surface area contributed by atoms with Crippen LogP contribution < -0.4 is 0 Å². The van der Waals surface area contributed by atoms with Crippen LogP contribution in [0.5, 0.6) is 0 Å². The SMILES string of the molecule is CC(C)CCc1nc2ccc(C#N)cc2n1C. The van der Waals surface area contributed by atoms with Gasteiger partial charge in [0.05, 0.1) is 22.7 Å². The predicted molar refractivity (Wildman–Crippen MR) is 68.6 cm³/mol. The summed E-state index contributed by atoms with van der Waals surface area (Å²) in [6.07, 6.45) is 2.13. The van der Waals surface area contributed by atoms with Crippen LogP contribution in [0.2, 0.25) is 0 Å². The fourth-order valence-electron chi connectivity index (χ4n) is 1.95. The Morgan fingerprint density at radius 1 is 1.41 bits per heavy atom. The van der Waals surface area contributed by atoms with E-state index in [2.05, 4.69) is 29.5 Å². The number of aryl methyl sites for hydroxylation is 2. The Hall–Kier alpha value is -1.82. The smallest absolute Gasteiger partial charge is 0.109 e. The minimum absolute atomic E-state index is 0.685. The van der Waals surface area contributed by atoms with Crippen LogP contribution in [0.3, 0.4) is 0 Å². The lowest BCUT2D eigenvalue weighted by molar-refractivity contribution is 0.568. The number of nitriles is 1. The van der Waals surface area contributed by atoms with Gasteiger partial charge >= 0.3 is 0 Å². The van der Waals surface area contributed by atoms with E-state index in [1.165, 1.54) is 0 Å². The van der Waals surface area contributed by atoms with Crippen molar-refractivity contribution in [3.8, 4) is 6.07 Å². The maximum absolute atomic E-state index is 8.89. The first-order chi connectivity index (χ1) is 8.11. The minimum atomic E-state index is 0.685. The molecule has 0 spiro atoms. The summed E-state index contributed by atoms with van der Waals surface area (Å²) in [5, 5.41) is 8.89. The van der Waals surface area contributed by atoms with E-state index in [-0.39, 0.29) is 0 Å². The highest BCUT2D eigenvalue weighted by atomic mass is 15.1. The topological polar surface area (TPSA) is 41.6 Å². The van der Waals surface area contributed by atoms with Gasteiger partial charge in [0.2, 0.25) is 0 Å². The maximum Gasteiger partial charge on any atom is 0.109 e. The van der Waals surface area contributed by atoms with E-state index in [0.29, 0.717) is 11.5 Å².